The molecule has 6 nitrogen and oxygen atoms in total. The molecule has 1 saturated heterocycles. The van der Waals surface area contributed by atoms with Crippen molar-refractivity contribution in [3.63, 3.8) is 0 Å². The van der Waals surface area contributed by atoms with Gasteiger partial charge in [0.15, 0.2) is 11.5 Å². The van der Waals surface area contributed by atoms with Gasteiger partial charge in [-0.1, -0.05) is 30.3 Å². The summed E-state index contributed by atoms with van der Waals surface area (Å²) in [6, 6.07) is 15.8. The lowest BCUT2D eigenvalue weighted by atomic mass is 10.0. The van der Waals surface area contributed by atoms with Gasteiger partial charge >= 0.3 is 0 Å². The third-order valence-corrected chi connectivity index (χ3v) is 6.59. The van der Waals surface area contributed by atoms with E-state index >= 15 is 0 Å². The number of carbonyl (C=O) groups is 2. The summed E-state index contributed by atoms with van der Waals surface area (Å²) in [6.45, 7) is 4.17. The van der Waals surface area contributed by atoms with Crippen molar-refractivity contribution in [2.45, 2.75) is 38.8 Å². The number of ether oxygens (including phenoxy) is 2. The van der Waals surface area contributed by atoms with E-state index in [1.807, 2.05) is 41.3 Å². The minimum absolute atomic E-state index is 0.0197. The SMILES string of the molecule is CC(C1CC1)N(Cc1ccccc1)C(=O)C1CC(=O)N(c2ccc3c(c2)OCCO3)C1. The first-order valence-electron chi connectivity index (χ1n) is 11.1. The Morgan fingerprint density at radius 1 is 1.10 bits per heavy atom. The first-order valence-corrected chi connectivity index (χ1v) is 11.1. The normalized spacial score (nSPS) is 21.1. The molecular formula is C25H28N2O4. The molecule has 5 rings (SSSR count). The van der Waals surface area contributed by atoms with Gasteiger partial charge in [0, 0.05) is 37.3 Å². The molecule has 0 radical (unpaired) electrons. The van der Waals surface area contributed by atoms with E-state index in [0.717, 1.165) is 11.3 Å². The molecule has 2 fully saturated rings. The van der Waals surface area contributed by atoms with E-state index in [1.165, 1.54) is 12.8 Å². The van der Waals surface area contributed by atoms with Gasteiger partial charge in [0.05, 0.1) is 5.92 Å². The summed E-state index contributed by atoms with van der Waals surface area (Å²) >= 11 is 0. The quantitative estimate of drug-likeness (QED) is 0.716. The summed E-state index contributed by atoms with van der Waals surface area (Å²) in [5, 5.41) is 0. The molecule has 2 amide bonds. The third kappa shape index (κ3) is 4.11. The summed E-state index contributed by atoms with van der Waals surface area (Å²) in [4.78, 5) is 30.1. The fourth-order valence-electron chi connectivity index (χ4n) is 4.59. The molecular weight excluding hydrogens is 392 g/mol. The Morgan fingerprint density at radius 2 is 1.84 bits per heavy atom. The Hall–Kier alpha value is -3.02. The minimum atomic E-state index is -0.328. The van der Waals surface area contributed by atoms with Crippen LogP contribution >= 0.6 is 0 Å². The van der Waals surface area contributed by atoms with Gasteiger partial charge in [-0.25, -0.2) is 0 Å². The molecule has 0 N–H and O–H groups in total. The maximum atomic E-state index is 13.6. The van der Waals surface area contributed by atoms with Crippen LogP contribution in [0.15, 0.2) is 48.5 Å². The van der Waals surface area contributed by atoms with Crippen LogP contribution in [0.3, 0.4) is 0 Å². The molecule has 0 spiro atoms. The predicted octanol–water partition coefficient (Wildman–Crippen LogP) is 3.64. The van der Waals surface area contributed by atoms with E-state index in [4.69, 9.17) is 9.47 Å². The van der Waals surface area contributed by atoms with Crippen LogP contribution in [0.1, 0.15) is 31.7 Å². The minimum Gasteiger partial charge on any atom is -0.486 e. The average molecular weight is 421 g/mol. The Kier molecular flexibility index (Phi) is 5.30. The summed E-state index contributed by atoms with van der Waals surface area (Å²) in [7, 11) is 0. The molecule has 0 aromatic heterocycles. The Bertz CT molecular complexity index is 973. The van der Waals surface area contributed by atoms with Crippen LogP contribution in [-0.4, -0.2) is 42.5 Å². The van der Waals surface area contributed by atoms with Crippen LogP contribution in [0, 0.1) is 11.8 Å². The second kappa shape index (κ2) is 8.25. The topological polar surface area (TPSA) is 59.1 Å². The molecule has 3 aliphatic rings. The zero-order valence-electron chi connectivity index (χ0n) is 17.8. The fraction of sp³-hybridized carbons (Fsp3) is 0.440. The molecule has 2 aromatic rings. The number of anilines is 1. The number of fused-ring (bicyclic) bond motifs is 1. The number of hydrogen-bond acceptors (Lipinski definition) is 4. The molecule has 0 bridgehead atoms. The first-order chi connectivity index (χ1) is 15.1. The molecule has 162 valence electrons. The van der Waals surface area contributed by atoms with Crippen molar-refractivity contribution in [3.8, 4) is 11.5 Å². The number of carbonyl (C=O) groups excluding carboxylic acids is 2. The summed E-state index contributed by atoms with van der Waals surface area (Å²) in [5.74, 6) is 1.65. The van der Waals surface area contributed by atoms with Crippen molar-refractivity contribution >= 4 is 17.5 Å². The van der Waals surface area contributed by atoms with Crippen molar-refractivity contribution in [1.82, 2.24) is 4.90 Å². The van der Waals surface area contributed by atoms with Crippen LogP contribution in [0.2, 0.25) is 0 Å². The van der Waals surface area contributed by atoms with Gasteiger partial charge in [0.1, 0.15) is 13.2 Å². The van der Waals surface area contributed by atoms with Crippen molar-refractivity contribution in [1.29, 1.82) is 0 Å². The number of amides is 2. The lowest BCUT2D eigenvalue weighted by Crippen LogP contribution is -2.43. The molecule has 31 heavy (non-hydrogen) atoms. The van der Waals surface area contributed by atoms with Crippen LogP contribution in [0.5, 0.6) is 11.5 Å². The first kappa shape index (κ1) is 19.9. The van der Waals surface area contributed by atoms with Crippen molar-refractivity contribution in [2.75, 3.05) is 24.7 Å². The van der Waals surface area contributed by atoms with Gasteiger partial charge in [-0.05, 0) is 43.4 Å². The lowest BCUT2D eigenvalue weighted by Gasteiger charge is -2.32. The molecule has 1 saturated carbocycles. The van der Waals surface area contributed by atoms with Crippen LogP contribution in [0.4, 0.5) is 5.69 Å². The third-order valence-electron chi connectivity index (χ3n) is 6.59. The highest BCUT2D eigenvalue weighted by Crippen LogP contribution is 2.38. The molecule has 1 aliphatic carbocycles. The molecule has 2 atom stereocenters. The largest absolute Gasteiger partial charge is 0.486 e. The van der Waals surface area contributed by atoms with Gasteiger partial charge in [-0.2, -0.15) is 0 Å². The molecule has 2 aromatic carbocycles. The van der Waals surface area contributed by atoms with Crippen molar-refractivity contribution in [2.24, 2.45) is 11.8 Å². The van der Waals surface area contributed by atoms with E-state index in [-0.39, 0.29) is 30.2 Å². The summed E-state index contributed by atoms with van der Waals surface area (Å²) in [6.07, 6.45) is 2.59. The van der Waals surface area contributed by atoms with Gasteiger partial charge in [0.2, 0.25) is 11.8 Å². The average Bonchev–Trinajstić information content (AvgIpc) is 3.58. The zero-order valence-corrected chi connectivity index (χ0v) is 17.8. The maximum absolute atomic E-state index is 13.6. The van der Waals surface area contributed by atoms with Crippen LogP contribution in [-0.2, 0) is 16.1 Å². The summed E-state index contributed by atoms with van der Waals surface area (Å²) in [5.41, 5.74) is 1.88. The molecule has 6 heteroatoms. The van der Waals surface area contributed by atoms with E-state index < -0.39 is 0 Å². The standard InChI is InChI=1S/C25H28N2O4/c1-17(19-7-8-19)26(15-18-5-3-2-4-6-18)25(29)20-13-24(28)27(16-20)21-9-10-22-23(14-21)31-12-11-30-22/h2-6,9-10,14,17,19-20H,7-8,11-13,15-16H2,1H3. The molecule has 2 heterocycles. The highest BCUT2D eigenvalue weighted by molar-refractivity contribution is 6.00. The number of rotatable bonds is 6. The van der Waals surface area contributed by atoms with Gasteiger partial charge < -0.3 is 19.3 Å². The van der Waals surface area contributed by atoms with Crippen molar-refractivity contribution in [3.05, 3.63) is 54.1 Å². The zero-order chi connectivity index (χ0) is 21.4. The van der Waals surface area contributed by atoms with Gasteiger partial charge in [0.25, 0.3) is 0 Å². The van der Waals surface area contributed by atoms with Crippen LogP contribution in [0.25, 0.3) is 0 Å². The van der Waals surface area contributed by atoms with Gasteiger partial charge in [-0.3, -0.25) is 9.59 Å². The monoisotopic (exact) mass is 420 g/mol. The van der Waals surface area contributed by atoms with E-state index in [9.17, 15) is 9.59 Å². The van der Waals surface area contributed by atoms with Gasteiger partial charge in [-0.15, -0.1) is 0 Å². The van der Waals surface area contributed by atoms with E-state index in [1.54, 1.807) is 4.90 Å². The van der Waals surface area contributed by atoms with Crippen LogP contribution < -0.4 is 14.4 Å². The van der Waals surface area contributed by atoms with E-state index in [0.29, 0.717) is 43.7 Å². The highest BCUT2D eigenvalue weighted by Gasteiger charge is 2.41. The number of hydrogen-bond donors (Lipinski definition) is 0. The lowest BCUT2D eigenvalue weighted by molar-refractivity contribution is -0.139. The fourth-order valence-corrected chi connectivity index (χ4v) is 4.59. The summed E-state index contributed by atoms with van der Waals surface area (Å²) < 4.78 is 11.2. The smallest absolute Gasteiger partial charge is 0.228 e. The second-order valence-corrected chi connectivity index (χ2v) is 8.76. The highest BCUT2D eigenvalue weighted by atomic mass is 16.6. The van der Waals surface area contributed by atoms with Crippen molar-refractivity contribution < 1.29 is 19.1 Å². The number of nitrogens with zero attached hydrogens (tertiary/aromatic N) is 2. The second-order valence-electron chi connectivity index (χ2n) is 8.76. The molecule has 2 aliphatic heterocycles. The predicted molar refractivity (Wildman–Crippen MR) is 117 cm³/mol. The Morgan fingerprint density at radius 3 is 2.58 bits per heavy atom. The Labute approximate surface area is 182 Å². The Balaban J connectivity index is 1.34. The number of benzene rings is 2. The van der Waals surface area contributed by atoms with E-state index in [2.05, 4.69) is 19.1 Å². The maximum Gasteiger partial charge on any atom is 0.228 e. The molecule has 2 unspecified atom stereocenters.